The molecule has 1 aliphatic carbocycles. The molecule has 0 spiro atoms. The van der Waals surface area contributed by atoms with E-state index in [0.29, 0.717) is 18.2 Å². The number of aromatic carboxylic acids is 1. The molecule has 2 rings (SSSR count). The molecule has 20 heavy (non-hydrogen) atoms. The van der Waals surface area contributed by atoms with Crippen LogP contribution in [0.15, 0.2) is 18.2 Å². The summed E-state index contributed by atoms with van der Waals surface area (Å²) in [5.74, 6) is -0.368. The van der Waals surface area contributed by atoms with Crippen molar-refractivity contribution in [1.82, 2.24) is 0 Å². The fraction of sp³-hybridized carbons (Fsp3) is 0.562. The van der Waals surface area contributed by atoms with Crippen LogP contribution in [0, 0.1) is 17.7 Å². The maximum atomic E-state index is 13.5. The summed E-state index contributed by atoms with van der Waals surface area (Å²) in [6.07, 6.45) is 6.08. The normalized spacial score (nSPS) is 22.5. The van der Waals surface area contributed by atoms with Gasteiger partial charge in [0.2, 0.25) is 0 Å². The van der Waals surface area contributed by atoms with Gasteiger partial charge in [-0.25, -0.2) is 9.18 Å². The minimum atomic E-state index is -1.22. The van der Waals surface area contributed by atoms with Crippen molar-refractivity contribution in [3.63, 3.8) is 0 Å². The Kier molecular flexibility index (Phi) is 4.99. The van der Waals surface area contributed by atoms with Crippen LogP contribution in [-0.4, -0.2) is 17.6 Å². The first-order valence-corrected chi connectivity index (χ1v) is 7.33. The number of carboxylic acids is 1. The highest BCUT2D eigenvalue weighted by Gasteiger charge is 2.19. The molecule has 0 atom stereocenters. The Morgan fingerprint density at radius 1 is 1.35 bits per heavy atom. The molecule has 0 radical (unpaired) electrons. The molecule has 0 unspecified atom stereocenters. The summed E-state index contributed by atoms with van der Waals surface area (Å²) >= 11 is 0. The largest absolute Gasteiger partial charge is 0.478 e. The lowest BCUT2D eigenvalue weighted by atomic mass is 9.81. The minimum absolute atomic E-state index is 0.259. The van der Waals surface area contributed by atoms with E-state index in [9.17, 15) is 9.18 Å². The van der Waals surface area contributed by atoms with Crippen LogP contribution in [0.25, 0.3) is 0 Å². The summed E-state index contributed by atoms with van der Waals surface area (Å²) < 4.78 is 13.5. The molecule has 4 heteroatoms. The van der Waals surface area contributed by atoms with Gasteiger partial charge in [0.25, 0.3) is 0 Å². The third kappa shape index (κ3) is 3.71. The SMILES string of the molecule is CC1CCC(CCNc2cccc(F)c2C(=O)O)CC1. The summed E-state index contributed by atoms with van der Waals surface area (Å²) in [7, 11) is 0. The number of benzene rings is 1. The quantitative estimate of drug-likeness (QED) is 0.851. The van der Waals surface area contributed by atoms with Gasteiger partial charge >= 0.3 is 5.97 Å². The number of hydrogen-bond donors (Lipinski definition) is 2. The van der Waals surface area contributed by atoms with E-state index < -0.39 is 11.8 Å². The van der Waals surface area contributed by atoms with Crippen LogP contribution in [0.5, 0.6) is 0 Å². The van der Waals surface area contributed by atoms with Gasteiger partial charge in [0.1, 0.15) is 11.4 Å². The fourth-order valence-corrected chi connectivity index (χ4v) is 2.92. The minimum Gasteiger partial charge on any atom is -0.478 e. The maximum Gasteiger partial charge on any atom is 0.340 e. The van der Waals surface area contributed by atoms with E-state index in [4.69, 9.17) is 5.11 Å². The van der Waals surface area contributed by atoms with E-state index in [-0.39, 0.29) is 5.56 Å². The molecule has 0 heterocycles. The van der Waals surface area contributed by atoms with Crippen LogP contribution in [0.3, 0.4) is 0 Å². The summed E-state index contributed by atoms with van der Waals surface area (Å²) in [6.45, 7) is 2.99. The highest BCUT2D eigenvalue weighted by Crippen LogP contribution is 2.30. The van der Waals surface area contributed by atoms with Gasteiger partial charge in [-0.1, -0.05) is 38.7 Å². The molecule has 0 aromatic heterocycles. The number of anilines is 1. The first-order valence-electron chi connectivity index (χ1n) is 7.33. The number of halogens is 1. The second kappa shape index (κ2) is 6.73. The van der Waals surface area contributed by atoms with Crippen molar-refractivity contribution in [2.45, 2.75) is 39.0 Å². The van der Waals surface area contributed by atoms with Gasteiger partial charge in [-0.05, 0) is 30.4 Å². The van der Waals surface area contributed by atoms with Crippen LogP contribution in [0.2, 0.25) is 0 Å². The van der Waals surface area contributed by atoms with Gasteiger partial charge in [-0.15, -0.1) is 0 Å². The highest BCUT2D eigenvalue weighted by atomic mass is 19.1. The van der Waals surface area contributed by atoms with Crippen molar-refractivity contribution in [2.75, 3.05) is 11.9 Å². The summed E-state index contributed by atoms with van der Waals surface area (Å²) in [6, 6.07) is 4.33. The van der Waals surface area contributed by atoms with Gasteiger partial charge < -0.3 is 10.4 Å². The standard InChI is InChI=1S/C16H22FNO2/c1-11-5-7-12(8-6-11)9-10-18-14-4-2-3-13(17)15(14)16(19)20/h2-4,11-12,18H,5-10H2,1H3,(H,19,20). The van der Waals surface area contributed by atoms with Gasteiger partial charge in [0, 0.05) is 6.54 Å². The second-order valence-electron chi connectivity index (χ2n) is 5.81. The van der Waals surface area contributed by atoms with Crippen molar-refractivity contribution in [3.05, 3.63) is 29.6 Å². The summed E-state index contributed by atoms with van der Waals surface area (Å²) in [5.41, 5.74) is 0.117. The molecule has 1 saturated carbocycles. The molecular weight excluding hydrogens is 257 g/mol. The summed E-state index contributed by atoms with van der Waals surface area (Å²) in [5, 5.41) is 12.1. The van der Waals surface area contributed by atoms with Gasteiger partial charge in [0.05, 0.1) is 5.69 Å². The van der Waals surface area contributed by atoms with Crippen LogP contribution in [0.1, 0.15) is 49.4 Å². The van der Waals surface area contributed by atoms with Gasteiger partial charge in [-0.3, -0.25) is 0 Å². The van der Waals surface area contributed by atoms with Gasteiger partial charge in [-0.2, -0.15) is 0 Å². The van der Waals surface area contributed by atoms with E-state index in [0.717, 1.165) is 12.3 Å². The van der Waals surface area contributed by atoms with Crippen molar-refractivity contribution in [1.29, 1.82) is 0 Å². The lowest BCUT2D eigenvalue weighted by molar-refractivity contribution is 0.0693. The predicted octanol–water partition coefficient (Wildman–Crippen LogP) is 4.15. The molecule has 0 amide bonds. The van der Waals surface area contributed by atoms with Crippen LogP contribution >= 0.6 is 0 Å². The monoisotopic (exact) mass is 279 g/mol. The smallest absolute Gasteiger partial charge is 0.340 e. The average molecular weight is 279 g/mol. The Bertz CT molecular complexity index is 468. The molecule has 1 fully saturated rings. The van der Waals surface area contributed by atoms with Crippen LogP contribution in [-0.2, 0) is 0 Å². The van der Waals surface area contributed by atoms with Crippen molar-refractivity contribution < 1.29 is 14.3 Å². The third-order valence-corrected chi connectivity index (χ3v) is 4.23. The molecule has 1 aromatic rings. The number of carboxylic acid groups (broad SMARTS) is 1. The lowest BCUT2D eigenvalue weighted by Crippen LogP contribution is -2.17. The predicted molar refractivity (Wildman–Crippen MR) is 77.6 cm³/mol. The first kappa shape index (κ1) is 14.8. The topological polar surface area (TPSA) is 49.3 Å². The number of rotatable bonds is 5. The number of hydrogen-bond acceptors (Lipinski definition) is 2. The molecule has 110 valence electrons. The number of nitrogens with one attached hydrogen (secondary N) is 1. The molecular formula is C16H22FNO2. The molecule has 3 nitrogen and oxygen atoms in total. The number of carbonyl (C=O) groups is 1. The Balaban J connectivity index is 1.88. The van der Waals surface area contributed by atoms with Crippen LogP contribution < -0.4 is 5.32 Å². The molecule has 1 aromatic carbocycles. The molecule has 1 aliphatic rings. The van der Waals surface area contributed by atoms with E-state index in [1.165, 1.54) is 37.8 Å². The Morgan fingerprint density at radius 3 is 2.70 bits per heavy atom. The highest BCUT2D eigenvalue weighted by molar-refractivity contribution is 5.94. The average Bonchev–Trinajstić information content (AvgIpc) is 2.40. The third-order valence-electron chi connectivity index (χ3n) is 4.23. The fourth-order valence-electron chi connectivity index (χ4n) is 2.92. The molecule has 0 bridgehead atoms. The maximum absolute atomic E-state index is 13.5. The Hall–Kier alpha value is -1.58. The van der Waals surface area contributed by atoms with E-state index >= 15 is 0 Å². The van der Waals surface area contributed by atoms with E-state index in [1.807, 2.05) is 0 Å². The zero-order chi connectivity index (χ0) is 14.5. The second-order valence-corrected chi connectivity index (χ2v) is 5.81. The van der Waals surface area contributed by atoms with Crippen molar-refractivity contribution in [2.24, 2.45) is 11.8 Å². The van der Waals surface area contributed by atoms with Crippen LogP contribution in [0.4, 0.5) is 10.1 Å². The first-order chi connectivity index (χ1) is 9.58. The van der Waals surface area contributed by atoms with Crippen molar-refractivity contribution >= 4 is 11.7 Å². The zero-order valence-electron chi connectivity index (χ0n) is 11.9. The Morgan fingerprint density at radius 2 is 2.05 bits per heavy atom. The van der Waals surface area contributed by atoms with E-state index in [1.54, 1.807) is 6.07 Å². The molecule has 2 N–H and O–H groups in total. The van der Waals surface area contributed by atoms with Gasteiger partial charge in [0.15, 0.2) is 0 Å². The summed E-state index contributed by atoms with van der Waals surface area (Å²) in [4.78, 5) is 11.1. The zero-order valence-corrected chi connectivity index (χ0v) is 11.9. The Labute approximate surface area is 119 Å². The molecule has 0 saturated heterocycles. The van der Waals surface area contributed by atoms with E-state index in [2.05, 4.69) is 12.2 Å². The lowest BCUT2D eigenvalue weighted by Gasteiger charge is -2.26. The molecule has 0 aliphatic heterocycles. The van der Waals surface area contributed by atoms with Crippen molar-refractivity contribution in [3.8, 4) is 0 Å².